The molecular weight excluding hydrogens is 490 g/mol. The molecule has 2 amide bonds. The summed E-state index contributed by atoms with van der Waals surface area (Å²) in [6, 6.07) is 13.8. The van der Waals surface area contributed by atoms with Crippen molar-refractivity contribution in [3.63, 3.8) is 0 Å². The van der Waals surface area contributed by atoms with E-state index in [1.54, 1.807) is 30.3 Å². The Hall–Kier alpha value is -3.65. The summed E-state index contributed by atoms with van der Waals surface area (Å²) >= 11 is 6.40. The number of primary amides is 2. The quantitative estimate of drug-likeness (QED) is 0.454. The Kier molecular flexibility index (Phi) is 6.43. The molecule has 188 valence electrons. The Bertz CT molecular complexity index is 1360. The van der Waals surface area contributed by atoms with E-state index in [4.69, 9.17) is 32.5 Å². The molecule has 36 heavy (non-hydrogen) atoms. The number of nitrogens with two attached hydrogens (primary N) is 2. The van der Waals surface area contributed by atoms with Gasteiger partial charge in [-0.3, -0.25) is 4.79 Å². The number of amides is 2. The van der Waals surface area contributed by atoms with Gasteiger partial charge >= 0.3 is 6.09 Å². The maximum atomic E-state index is 15.2. The summed E-state index contributed by atoms with van der Waals surface area (Å²) in [6.07, 6.45) is -1.97. The first-order chi connectivity index (χ1) is 16.9. The van der Waals surface area contributed by atoms with Gasteiger partial charge in [-0.1, -0.05) is 68.8 Å². The van der Waals surface area contributed by atoms with Gasteiger partial charge < -0.3 is 20.9 Å². The van der Waals surface area contributed by atoms with Crippen LogP contribution in [0.3, 0.4) is 0 Å². The Labute approximate surface area is 212 Å². The van der Waals surface area contributed by atoms with Crippen LogP contribution < -0.4 is 16.2 Å². The van der Waals surface area contributed by atoms with Crippen molar-refractivity contribution in [3.8, 4) is 16.9 Å². The van der Waals surface area contributed by atoms with E-state index >= 15 is 8.78 Å². The Balaban J connectivity index is 2.04. The van der Waals surface area contributed by atoms with Crippen molar-refractivity contribution in [1.82, 2.24) is 0 Å². The molecule has 1 aliphatic heterocycles. The van der Waals surface area contributed by atoms with Gasteiger partial charge in [-0.15, -0.1) is 0 Å². The van der Waals surface area contributed by atoms with Crippen LogP contribution in [0, 0.1) is 17.0 Å². The van der Waals surface area contributed by atoms with Crippen LogP contribution in [0.4, 0.5) is 13.6 Å². The van der Waals surface area contributed by atoms with Crippen LogP contribution in [0.2, 0.25) is 5.02 Å². The molecular formula is C27H25ClF2N2O4. The van der Waals surface area contributed by atoms with Gasteiger partial charge in [0.25, 0.3) is 0 Å². The van der Waals surface area contributed by atoms with Crippen LogP contribution >= 0.6 is 11.6 Å². The molecule has 0 aromatic heterocycles. The van der Waals surface area contributed by atoms with E-state index in [1.165, 1.54) is 12.1 Å². The van der Waals surface area contributed by atoms with Gasteiger partial charge in [-0.25, -0.2) is 13.6 Å². The van der Waals surface area contributed by atoms with Crippen molar-refractivity contribution >= 4 is 23.6 Å². The Morgan fingerprint density at radius 3 is 2.28 bits per heavy atom. The van der Waals surface area contributed by atoms with E-state index in [-0.39, 0.29) is 28.9 Å². The highest BCUT2D eigenvalue weighted by molar-refractivity contribution is 6.34. The molecule has 0 saturated carbocycles. The Morgan fingerprint density at radius 2 is 1.69 bits per heavy atom. The summed E-state index contributed by atoms with van der Waals surface area (Å²) in [5, 5.41) is -0.392. The standard InChI is InChI=1S/C27H25ClF2N2O4/c1-26(2,3)24(35-25(32)34)27(14-8-5-4-6-9-14)13-16-19(36-27)12-18(30)22(28)21(16)20-15(23(31)33)10-7-11-17(20)29/h4-12,24H,13H2,1-3H3,(H2,31,33)(H2,32,34)/t24-,27-/m0/s1. The summed E-state index contributed by atoms with van der Waals surface area (Å²) in [5.41, 5.74) is 9.38. The number of fused-ring (bicyclic) bond motifs is 1. The molecule has 2 atom stereocenters. The predicted octanol–water partition coefficient (Wildman–Crippen LogP) is 5.72. The summed E-state index contributed by atoms with van der Waals surface area (Å²) in [4.78, 5) is 24.2. The van der Waals surface area contributed by atoms with Crippen molar-refractivity contribution in [3.05, 3.63) is 87.9 Å². The second kappa shape index (κ2) is 9.09. The monoisotopic (exact) mass is 514 g/mol. The third-order valence-corrected chi connectivity index (χ3v) is 6.62. The van der Waals surface area contributed by atoms with Crippen LogP contribution in [0.15, 0.2) is 54.6 Å². The smallest absolute Gasteiger partial charge is 0.404 e. The fraction of sp³-hybridized carbons (Fsp3) is 0.259. The summed E-state index contributed by atoms with van der Waals surface area (Å²) in [7, 11) is 0. The maximum Gasteiger partial charge on any atom is 0.404 e. The molecule has 4 rings (SSSR count). The zero-order chi connectivity index (χ0) is 26.4. The van der Waals surface area contributed by atoms with Gasteiger partial charge in [0, 0.05) is 40.2 Å². The zero-order valence-corrected chi connectivity index (χ0v) is 20.7. The van der Waals surface area contributed by atoms with Crippen molar-refractivity contribution in [2.24, 2.45) is 16.9 Å². The van der Waals surface area contributed by atoms with Crippen molar-refractivity contribution in [2.75, 3.05) is 0 Å². The maximum absolute atomic E-state index is 15.2. The molecule has 3 aromatic rings. The highest BCUT2D eigenvalue weighted by atomic mass is 35.5. The zero-order valence-electron chi connectivity index (χ0n) is 19.9. The number of halogens is 3. The number of ether oxygens (including phenoxy) is 2. The first-order valence-electron chi connectivity index (χ1n) is 11.2. The molecule has 0 unspecified atom stereocenters. The van der Waals surface area contributed by atoms with Gasteiger partial charge in [0.2, 0.25) is 5.91 Å². The number of carbonyl (C=O) groups excluding carboxylic acids is 2. The highest BCUT2D eigenvalue weighted by Crippen LogP contribution is 2.53. The number of carbonyl (C=O) groups is 2. The van der Waals surface area contributed by atoms with Gasteiger partial charge in [-0.05, 0) is 17.7 Å². The van der Waals surface area contributed by atoms with Crippen LogP contribution in [0.1, 0.15) is 42.3 Å². The van der Waals surface area contributed by atoms with E-state index in [1.807, 2.05) is 20.8 Å². The Morgan fingerprint density at radius 1 is 1.03 bits per heavy atom. The van der Waals surface area contributed by atoms with Gasteiger partial charge in [0.1, 0.15) is 17.4 Å². The molecule has 0 spiro atoms. The lowest BCUT2D eigenvalue weighted by atomic mass is 9.72. The highest BCUT2D eigenvalue weighted by Gasteiger charge is 2.55. The summed E-state index contributed by atoms with van der Waals surface area (Å²) in [5.74, 6) is -2.52. The molecule has 0 saturated heterocycles. The van der Waals surface area contributed by atoms with Gasteiger partial charge in [0.15, 0.2) is 11.7 Å². The van der Waals surface area contributed by atoms with Crippen LogP contribution in [-0.4, -0.2) is 18.1 Å². The first-order valence-corrected chi connectivity index (χ1v) is 11.5. The molecule has 0 bridgehead atoms. The van der Waals surface area contributed by atoms with E-state index in [2.05, 4.69) is 0 Å². The molecule has 0 aliphatic carbocycles. The third kappa shape index (κ3) is 4.26. The van der Waals surface area contributed by atoms with Crippen molar-refractivity contribution < 1.29 is 27.8 Å². The minimum absolute atomic E-state index is 0.00341. The largest absolute Gasteiger partial charge is 0.478 e. The van der Waals surface area contributed by atoms with Gasteiger partial charge in [-0.2, -0.15) is 0 Å². The minimum atomic E-state index is -1.37. The van der Waals surface area contributed by atoms with E-state index in [0.29, 0.717) is 11.1 Å². The fourth-order valence-electron chi connectivity index (χ4n) is 4.91. The summed E-state index contributed by atoms with van der Waals surface area (Å²) < 4.78 is 42.4. The predicted molar refractivity (Wildman–Crippen MR) is 132 cm³/mol. The lowest BCUT2D eigenvalue weighted by Gasteiger charge is -2.43. The lowest BCUT2D eigenvalue weighted by Crippen LogP contribution is -2.53. The third-order valence-electron chi connectivity index (χ3n) is 6.25. The first kappa shape index (κ1) is 25.4. The van der Waals surface area contributed by atoms with Crippen LogP contribution in [0.25, 0.3) is 11.1 Å². The number of rotatable bonds is 5. The minimum Gasteiger partial charge on any atom is -0.478 e. The second-order valence-corrected chi connectivity index (χ2v) is 10.1. The van der Waals surface area contributed by atoms with E-state index in [0.717, 1.165) is 12.1 Å². The van der Waals surface area contributed by atoms with E-state index < -0.39 is 45.8 Å². The number of hydrogen-bond donors (Lipinski definition) is 2. The van der Waals surface area contributed by atoms with Crippen LogP contribution in [0.5, 0.6) is 5.75 Å². The topological polar surface area (TPSA) is 105 Å². The molecule has 0 radical (unpaired) electrons. The molecule has 0 fully saturated rings. The molecule has 6 nitrogen and oxygen atoms in total. The molecule has 1 aliphatic rings. The normalized spacial score (nSPS) is 17.7. The number of hydrogen-bond acceptors (Lipinski definition) is 4. The summed E-state index contributed by atoms with van der Waals surface area (Å²) in [6.45, 7) is 5.52. The van der Waals surface area contributed by atoms with Crippen molar-refractivity contribution in [2.45, 2.75) is 38.9 Å². The second-order valence-electron chi connectivity index (χ2n) is 9.77. The molecule has 1 heterocycles. The van der Waals surface area contributed by atoms with Gasteiger partial charge in [0.05, 0.1) is 5.02 Å². The average Bonchev–Trinajstić information content (AvgIpc) is 3.18. The number of benzene rings is 3. The van der Waals surface area contributed by atoms with Crippen molar-refractivity contribution in [1.29, 1.82) is 0 Å². The van der Waals surface area contributed by atoms with E-state index in [9.17, 15) is 9.59 Å². The molecule has 4 N–H and O–H groups in total. The molecule has 3 aromatic carbocycles. The lowest BCUT2D eigenvalue weighted by molar-refractivity contribution is -0.101. The SMILES string of the molecule is CC(C)(C)[C@H](OC(N)=O)[C@@]1(c2ccccc2)Cc2c(cc(F)c(Cl)c2-c2c(F)cccc2C(N)=O)O1. The average molecular weight is 515 g/mol. The molecule has 9 heteroatoms. The fourth-order valence-corrected chi connectivity index (χ4v) is 5.18. The van der Waals surface area contributed by atoms with Crippen LogP contribution in [-0.2, 0) is 16.8 Å².